The molecule has 0 saturated carbocycles. The molecule has 96 valence electrons. The molecule has 1 aromatic rings. The summed E-state index contributed by atoms with van der Waals surface area (Å²) in [5.41, 5.74) is 1.32. The van der Waals surface area contributed by atoms with Crippen LogP contribution in [0.5, 0.6) is 0 Å². The van der Waals surface area contributed by atoms with Gasteiger partial charge >= 0.3 is 0 Å². The van der Waals surface area contributed by atoms with Crippen LogP contribution in [0.1, 0.15) is 38.8 Å². The predicted molar refractivity (Wildman–Crippen MR) is 81.8 cm³/mol. The molecule has 1 aromatic carbocycles. The molecule has 0 saturated heterocycles. The number of nitrogens with one attached hydrogen (secondary N) is 1. The summed E-state index contributed by atoms with van der Waals surface area (Å²) >= 11 is 5.60. The zero-order valence-electron chi connectivity index (χ0n) is 11.1. The average molecular weight is 316 g/mol. The lowest BCUT2D eigenvalue weighted by Gasteiger charge is -2.14. The molecule has 0 aliphatic heterocycles. The third-order valence-corrected chi connectivity index (χ3v) is 5.11. The summed E-state index contributed by atoms with van der Waals surface area (Å²) in [6.45, 7) is 6.73. The maximum Gasteiger partial charge on any atom is 0.0300 e. The molecule has 0 aromatic heterocycles. The third-order valence-electron chi connectivity index (χ3n) is 3.10. The van der Waals surface area contributed by atoms with Gasteiger partial charge in [0, 0.05) is 21.2 Å². The van der Waals surface area contributed by atoms with E-state index in [9.17, 15) is 0 Å². The molecule has 2 unspecified atom stereocenters. The number of thioether (sulfide) groups is 1. The van der Waals surface area contributed by atoms with Crippen LogP contribution in [-0.2, 0) is 0 Å². The lowest BCUT2D eigenvalue weighted by molar-refractivity contribution is 0.636. The van der Waals surface area contributed by atoms with Gasteiger partial charge in [0.2, 0.25) is 0 Å². The van der Waals surface area contributed by atoms with E-state index >= 15 is 0 Å². The molecule has 3 heteroatoms. The van der Waals surface area contributed by atoms with Crippen molar-refractivity contribution in [3.8, 4) is 0 Å². The molecular formula is C14H22BrNS. The van der Waals surface area contributed by atoms with E-state index in [2.05, 4.69) is 60.2 Å². The van der Waals surface area contributed by atoms with E-state index in [0.717, 1.165) is 5.92 Å². The fraction of sp³-hybridized carbons (Fsp3) is 0.571. The Balaban J connectivity index is 2.68. The highest BCUT2D eigenvalue weighted by atomic mass is 79.9. The van der Waals surface area contributed by atoms with E-state index in [1.165, 1.54) is 27.1 Å². The standard InChI is InChI=1S/C14H22BrNS/c1-5-10(2)9-17-12-6-7-13(11(3)16-4)14(15)8-12/h6-8,10-11,16H,5,9H2,1-4H3. The monoisotopic (exact) mass is 315 g/mol. The Morgan fingerprint density at radius 3 is 2.59 bits per heavy atom. The summed E-state index contributed by atoms with van der Waals surface area (Å²) in [6.07, 6.45) is 1.25. The van der Waals surface area contributed by atoms with Crippen molar-refractivity contribution in [2.75, 3.05) is 12.8 Å². The molecule has 1 rings (SSSR count). The van der Waals surface area contributed by atoms with Gasteiger partial charge in [0.25, 0.3) is 0 Å². The first-order valence-corrected chi connectivity index (χ1v) is 7.95. The van der Waals surface area contributed by atoms with Gasteiger partial charge < -0.3 is 5.32 Å². The summed E-state index contributed by atoms with van der Waals surface area (Å²) in [6, 6.07) is 7.06. The first-order valence-electron chi connectivity index (χ1n) is 6.18. The summed E-state index contributed by atoms with van der Waals surface area (Å²) in [5.74, 6) is 1.99. The van der Waals surface area contributed by atoms with Gasteiger partial charge in [-0.3, -0.25) is 0 Å². The molecule has 0 heterocycles. The molecule has 1 nitrogen and oxygen atoms in total. The van der Waals surface area contributed by atoms with E-state index in [4.69, 9.17) is 0 Å². The maximum absolute atomic E-state index is 3.66. The SMILES string of the molecule is CCC(C)CSc1ccc(C(C)NC)c(Br)c1. The Hall–Kier alpha value is 0.01000. The smallest absolute Gasteiger partial charge is 0.0300 e. The quantitative estimate of drug-likeness (QED) is 0.752. The fourth-order valence-electron chi connectivity index (χ4n) is 1.46. The van der Waals surface area contributed by atoms with Crippen molar-refractivity contribution in [1.82, 2.24) is 5.32 Å². The van der Waals surface area contributed by atoms with Gasteiger partial charge in [-0.15, -0.1) is 11.8 Å². The van der Waals surface area contributed by atoms with Gasteiger partial charge in [-0.2, -0.15) is 0 Å². The molecule has 1 N–H and O–H groups in total. The highest BCUT2D eigenvalue weighted by Gasteiger charge is 2.08. The molecule has 0 aliphatic carbocycles. The fourth-order valence-corrected chi connectivity index (χ4v) is 3.41. The van der Waals surface area contributed by atoms with Crippen molar-refractivity contribution in [3.63, 3.8) is 0 Å². The van der Waals surface area contributed by atoms with Crippen molar-refractivity contribution in [2.45, 2.75) is 38.1 Å². The van der Waals surface area contributed by atoms with Gasteiger partial charge in [0.05, 0.1) is 0 Å². The molecule has 0 amide bonds. The summed E-state index contributed by atoms with van der Waals surface area (Å²) in [4.78, 5) is 1.35. The number of benzene rings is 1. The maximum atomic E-state index is 3.66. The zero-order chi connectivity index (χ0) is 12.8. The van der Waals surface area contributed by atoms with Crippen LogP contribution in [0.3, 0.4) is 0 Å². The highest BCUT2D eigenvalue weighted by Crippen LogP contribution is 2.29. The largest absolute Gasteiger partial charge is 0.313 e. The lowest BCUT2D eigenvalue weighted by Crippen LogP contribution is -2.12. The summed E-state index contributed by atoms with van der Waals surface area (Å²) in [5, 5.41) is 3.26. The number of hydrogen-bond acceptors (Lipinski definition) is 2. The number of rotatable bonds is 6. The molecule has 2 atom stereocenters. The second kappa shape index (κ2) is 7.45. The second-order valence-electron chi connectivity index (χ2n) is 4.52. The molecule has 0 aliphatic rings. The van der Waals surface area contributed by atoms with E-state index < -0.39 is 0 Å². The van der Waals surface area contributed by atoms with Crippen LogP contribution in [0.15, 0.2) is 27.6 Å². The number of halogens is 1. The van der Waals surface area contributed by atoms with Crippen molar-refractivity contribution in [2.24, 2.45) is 5.92 Å². The van der Waals surface area contributed by atoms with Gasteiger partial charge in [-0.1, -0.05) is 42.3 Å². The van der Waals surface area contributed by atoms with Crippen LogP contribution in [0.4, 0.5) is 0 Å². The molecule has 0 fully saturated rings. The van der Waals surface area contributed by atoms with Crippen LogP contribution in [0.2, 0.25) is 0 Å². The minimum atomic E-state index is 0.387. The Kier molecular flexibility index (Phi) is 6.60. The first kappa shape index (κ1) is 15.1. The van der Waals surface area contributed by atoms with Gasteiger partial charge in [-0.25, -0.2) is 0 Å². The van der Waals surface area contributed by atoms with Crippen LogP contribution >= 0.6 is 27.7 Å². The van der Waals surface area contributed by atoms with Gasteiger partial charge in [0.1, 0.15) is 0 Å². The molecular weight excluding hydrogens is 294 g/mol. The van der Waals surface area contributed by atoms with Crippen molar-refractivity contribution in [1.29, 1.82) is 0 Å². The molecule has 0 radical (unpaired) electrons. The Morgan fingerprint density at radius 1 is 1.35 bits per heavy atom. The van der Waals surface area contributed by atoms with Crippen LogP contribution in [0.25, 0.3) is 0 Å². The van der Waals surface area contributed by atoms with Crippen molar-refractivity contribution in [3.05, 3.63) is 28.2 Å². The van der Waals surface area contributed by atoms with Crippen LogP contribution < -0.4 is 5.32 Å². The topological polar surface area (TPSA) is 12.0 Å². The van der Waals surface area contributed by atoms with Crippen molar-refractivity contribution >= 4 is 27.7 Å². The minimum Gasteiger partial charge on any atom is -0.313 e. The second-order valence-corrected chi connectivity index (χ2v) is 6.47. The van der Waals surface area contributed by atoms with E-state index in [1.54, 1.807) is 0 Å². The van der Waals surface area contributed by atoms with Crippen LogP contribution in [-0.4, -0.2) is 12.8 Å². The lowest BCUT2D eigenvalue weighted by atomic mass is 10.1. The predicted octanol–water partition coefficient (Wildman–Crippen LogP) is 4.87. The molecule has 0 spiro atoms. The molecule has 17 heavy (non-hydrogen) atoms. The normalized spacial score (nSPS) is 14.6. The molecule has 0 bridgehead atoms. The Morgan fingerprint density at radius 2 is 2.06 bits per heavy atom. The Labute approximate surface area is 118 Å². The third kappa shape index (κ3) is 4.65. The van der Waals surface area contributed by atoms with Crippen LogP contribution in [0, 0.1) is 5.92 Å². The van der Waals surface area contributed by atoms with E-state index in [-0.39, 0.29) is 0 Å². The summed E-state index contributed by atoms with van der Waals surface area (Å²) < 4.78 is 1.20. The average Bonchev–Trinajstić information content (AvgIpc) is 2.35. The minimum absolute atomic E-state index is 0.387. The Bertz CT molecular complexity index is 354. The summed E-state index contributed by atoms with van der Waals surface area (Å²) in [7, 11) is 1.99. The van der Waals surface area contributed by atoms with Crippen molar-refractivity contribution < 1.29 is 0 Å². The van der Waals surface area contributed by atoms with Gasteiger partial charge in [-0.05, 0) is 37.6 Å². The first-order chi connectivity index (χ1) is 8.08. The van der Waals surface area contributed by atoms with Gasteiger partial charge in [0.15, 0.2) is 0 Å². The van der Waals surface area contributed by atoms with E-state index in [1.807, 2.05) is 18.8 Å². The van der Waals surface area contributed by atoms with E-state index in [0.29, 0.717) is 6.04 Å². The number of hydrogen-bond donors (Lipinski definition) is 1. The zero-order valence-corrected chi connectivity index (χ0v) is 13.5. The highest BCUT2D eigenvalue weighted by molar-refractivity contribution is 9.10.